The van der Waals surface area contributed by atoms with Crippen molar-refractivity contribution < 1.29 is 14.5 Å². The van der Waals surface area contributed by atoms with Gasteiger partial charge in [-0.2, -0.15) is 0 Å². The highest BCUT2D eigenvalue weighted by Gasteiger charge is 2.50. The second-order valence-electron chi connectivity index (χ2n) is 6.97. The fourth-order valence-electron chi connectivity index (χ4n) is 3.44. The van der Waals surface area contributed by atoms with E-state index in [-0.39, 0.29) is 6.10 Å². The zero-order valence-corrected chi connectivity index (χ0v) is 15.6. The summed E-state index contributed by atoms with van der Waals surface area (Å²) >= 11 is 0. The van der Waals surface area contributed by atoms with Crippen molar-refractivity contribution in [1.82, 2.24) is 4.98 Å². The van der Waals surface area contributed by atoms with E-state index in [1.54, 1.807) is 44.3 Å². The van der Waals surface area contributed by atoms with Gasteiger partial charge in [0.25, 0.3) is 0 Å². The van der Waals surface area contributed by atoms with Crippen LogP contribution in [0.4, 0.5) is 0 Å². The molecule has 0 aliphatic carbocycles. The predicted octanol–water partition coefficient (Wildman–Crippen LogP) is 3.99. The van der Waals surface area contributed by atoms with Crippen LogP contribution in [0.2, 0.25) is 0 Å². The lowest BCUT2D eigenvalue weighted by Crippen LogP contribution is -2.45. The quantitative estimate of drug-likeness (QED) is 0.406. The number of nitrogens with zero attached hydrogens (tertiary/aromatic N) is 1. The summed E-state index contributed by atoms with van der Waals surface area (Å²) in [6, 6.07) is 14.6. The number of aromatic amines is 1. The number of fused-ring (bicyclic) bond motifs is 1. The summed E-state index contributed by atoms with van der Waals surface area (Å²) < 4.78 is 5.52. The van der Waals surface area contributed by atoms with Crippen molar-refractivity contribution in [2.24, 2.45) is 0 Å². The number of benzene rings is 2. The Bertz CT molecular complexity index is 978. The molecule has 0 unspecified atom stereocenters. The molecule has 27 heavy (non-hydrogen) atoms. The van der Waals surface area contributed by atoms with Crippen LogP contribution in [0.25, 0.3) is 10.9 Å². The lowest BCUT2D eigenvalue weighted by molar-refractivity contribution is -0.486. The summed E-state index contributed by atoms with van der Waals surface area (Å²) in [4.78, 5) is 27.6. The lowest BCUT2D eigenvalue weighted by Gasteiger charge is -2.29. The number of aryl methyl sites for hydroxylation is 1. The number of esters is 1. The molecule has 0 saturated heterocycles. The molecule has 2 aromatic carbocycles. The molecule has 0 saturated carbocycles. The number of hydrogen-bond acceptors (Lipinski definition) is 4. The number of H-pyrrole nitrogens is 1. The van der Waals surface area contributed by atoms with Crippen molar-refractivity contribution in [1.29, 1.82) is 0 Å². The molecule has 6 nitrogen and oxygen atoms in total. The highest BCUT2D eigenvalue weighted by Crippen LogP contribution is 2.39. The predicted molar refractivity (Wildman–Crippen MR) is 103 cm³/mol. The van der Waals surface area contributed by atoms with Crippen molar-refractivity contribution >= 4 is 16.9 Å². The van der Waals surface area contributed by atoms with E-state index < -0.39 is 22.9 Å². The monoisotopic (exact) mass is 366 g/mol. The van der Waals surface area contributed by atoms with Gasteiger partial charge in [0.1, 0.15) is 0 Å². The molecule has 0 radical (unpaired) electrons. The van der Waals surface area contributed by atoms with Crippen molar-refractivity contribution in [3.05, 3.63) is 81.5 Å². The number of carbonyl (C=O) groups excluding carboxylic acids is 1. The van der Waals surface area contributed by atoms with Gasteiger partial charge >= 0.3 is 5.97 Å². The molecule has 0 spiro atoms. The molecule has 1 atom stereocenters. The van der Waals surface area contributed by atoms with Crippen molar-refractivity contribution in [2.45, 2.75) is 32.3 Å². The van der Waals surface area contributed by atoms with Gasteiger partial charge in [0.2, 0.25) is 6.54 Å². The van der Waals surface area contributed by atoms with E-state index in [9.17, 15) is 14.9 Å². The molecule has 0 fully saturated rings. The van der Waals surface area contributed by atoms with E-state index in [1.807, 2.05) is 31.2 Å². The maximum absolute atomic E-state index is 13.3. The third-order valence-corrected chi connectivity index (χ3v) is 4.62. The van der Waals surface area contributed by atoms with E-state index in [4.69, 9.17) is 4.74 Å². The lowest BCUT2D eigenvalue weighted by atomic mass is 9.74. The number of ether oxygens (including phenoxy) is 1. The van der Waals surface area contributed by atoms with E-state index in [2.05, 4.69) is 4.98 Å². The van der Waals surface area contributed by atoms with Gasteiger partial charge in [-0.25, -0.2) is 0 Å². The zero-order chi connectivity index (χ0) is 19.6. The van der Waals surface area contributed by atoms with Gasteiger partial charge in [-0.1, -0.05) is 42.0 Å². The topological polar surface area (TPSA) is 85.2 Å². The van der Waals surface area contributed by atoms with Gasteiger partial charge in [-0.05, 0) is 38.5 Å². The molecule has 140 valence electrons. The molecule has 3 aromatic rings. The maximum atomic E-state index is 13.3. The Morgan fingerprint density at radius 2 is 1.93 bits per heavy atom. The van der Waals surface area contributed by atoms with Crippen LogP contribution in [0.5, 0.6) is 0 Å². The summed E-state index contributed by atoms with van der Waals surface area (Å²) in [5.74, 6) is -0.622. The maximum Gasteiger partial charge on any atom is 0.328 e. The molecule has 1 heterocycles. The Morgan fingerprint density at radius 3 is 2.56 bits per heavy atom. The van der Waals surface area contributed by atoms with Crippen molar-refractivity contribution in [2.75, 3.05) is 6.54 Å². The molecular formula is C21H22N2O4. The molecule has 0 amide bonds. The Labute approximate surface area is 157 Å². The molecule has 6 heteroatoms. The summed E-state index contributed by atoms with van der Waals surface area (Å²) in [5.41, 5.74) is 1.37. The van der Waals surface area contributed by atoms with E-state index in [0.717, 1.165) is 16.5 Å². The van der Waals surface area contributed by atoms with E-state index in [0.29, 0.717) is 11.1 Å². The molecule has 0 aliphatic rings. The van der Waals surface area contributed by atoms with E-state index in [1.165, 1.54) is 0 Å². The number of nitrogens with one attached hydrogen (secondary N) is 1. The fourth-order valence-corrected chi connectivity index (χ4v) is 3.44. The molecular weight excluding hydrogens is 344 g/mol. The minimum atomic E-state index is -1.54. The third-order valence-electron chi connectivity index (χ3n) is 4.62. The van der Waals surface area contributed by atoms with Crippen LogP contribution in [0.1, 0.15) is 30.5 Å². The Balaban J connectivity index is 2.35. The van der Waals surface area contributed by atoms with Crippen LogP contribution in [0.3, 0.4) is 0 Å². The number of nitro groups is 1. The van der Waals surface area contributed by atoms with Crippen LogP contribution in [0.15, 0.2) is 54.7 Å². The van der Waals surface area contributed by atoms with Gasteiger partial charge in [0, 0.05) is 27.6 Å². The summed E-state index contributed by atoms with van der Waals surface area (Å²) in [5, 5.41) is 12.4. The molecule has 0 bridgehead atoms. The molecule has 0 aliphatic heterocycles. The molecule has 3 rings (SSSR count). The first-order valence-corrected chi connectivity index (χ1v) is 8.81. The zero-order valence-electron chi connectivity index (χ0n) is 15.6. The SMILES string of the molecule is Cc1ccc2[nH]cc([C@@](C[N+](=O)[O-])(C(=O)OC(C)C)c3ccccc3)c2c1. The van der Waals surface area contributed by atoms with Gasteiger partial charge in [-0.3, -0.25) is 14.9 Å². The average molecular weight is 366 g/mol. The number of rotatable bonds is 6. The van der Waals surface area contributed by atoms with Crippen LogP contribution in [0, 0.1) is 17.0 Å². The second kappa shape index (κ2) is 7.23. The van der Waals surface area contributed by atoms with Gasteiger partial charge in [0.05, 0.1) is 6.10 Å². The molecule has 1 aromatic heterocycles. The first-order chi connectivity index (χ1) is 12.8. The third kappa shape index (κ3) is 3.43. The minimum Gasteiger partial charge on any atom is -0.462 e. The second-order valence-corrected chi connectivity index (χ2v) is 6.97. The standard InChI is InChI=1S/C21H22N2O4/c1-14(2)27-20(24)21(13-23(25)26,16-7-5-4-6-8-16)18-12-22-19-10-9-15(3)11-17(18)19/h4-12,14,22H,13H2,1-3H3/t21-/m0/s1. The summed E-state index contributed by atoms with van der Waals surface area (Å²) in [7, 11) is 0. The fraction of sp³-hybridized carbons (Fsp3) is 0.286. The first kappa shape index (κ1) is 18.6. The van der Waals surface area contributed by atoms with Crippen LogP contribution in [-0.2, 0) is 14.9 Å². The van der Waals surface area contributed by atoms with Gasteiger partial charge in [-0.15, -0.1) is 0 Å². The highest BCUT2D eigenvalue weighted by atomic mass is 16.6. The van der Waals surface area contributed by atoms with Crippen LogP contribution >= 0.6 is 0 Å². The Morgan fingerprint density at radius 1 is 1.22 bits per heavy atom. The summed E-state index contributed by atoms with van der Waals surface area (Å²) in [6.45, 7) is 4.82. The largest absolute Gasteiger partial charge is 0.462 e. The first-order valence-electron chi connectivity index (χ1n) is 8.81. The summed E-state index contributed by atoms with van der Waals surface area (Å²) in [6.07, 6.45) is 1.29. The number of hydrogen-bond donors (Lipinski definition) is 1. The smallest absolute Gasteiger partial charge is 0.328 e. The van der Waals surface area contributed by atoms with Crippen LogP contribution in [-0.4, -0.2) is 28.5 Å². The van der Waals surface area contributed by atoms with Gasteiger partial charge in [0.15, 0.2) is 5.41 Å². The number of aromatic nitrogens is 1. The van der Waals surface area contributed by atoms with Crippen molar-refractivity contribution in [3.8, 4) is 0 Å². The van der Waals surface area contributed by atoms with E-state index >= 15 is 0 Å². The average Bonchev–Trinajstić information content (AvgIpc) is 3.03. The Hall–Kier alpha value is -3.15. The van der Waals surface area contributed by atoms with Crippen LogP contribution < -0.4 is 0 Å². The normalized spacial score (nSPS) is 13.5. The molecule has 1 N–H and O–H groups in total. The Kier molecular flexibility index (Phi) is 4.99. The highest BCUT2D eigenvalue weighted by molar-refractivity contribution is 5.96. The van der Waals surface area contributed by atoms with Gasteiger partial charge < -0.3 is 9.72 Å². The van der Waals surface area contributed by atoms with Crippen molar-refractivity contribution in [3.63, 3.8) is 0 Å². The minimum absolute atomic E-state index is 0.390. The number of carbonyl (C=O) groups is 1.